The van der Waals surface area contributed by atoms with Crippen molar-refractivity contribution < 1.29 is 14.3 Å². The average molecular weight is 357 g/mol. The molecule has 0 unspecified atom stereocenters. The molecule has 25 heavy (non-hydrogen) atoms. The molecule has 3 rings (SSSR count). The number of hydrogen-bond acceptors (Lipinski definition) is 7. The highest BCUT2D eigenvalue weighted by Gasteiger charge is 2.31. The molecule has 1 N–H and O–H groups in total. The molecule has 2 aromatic rings. The van der Waals surface area contributed by atoms with E-state index in [4.69, 9.17) is 14.5 Å². The monoisotopic (exact) mass is 357 g/mol. The number of aromatic nitrogens is 1. The van der Waals surface area contributed by atoms with Crippen LogP contribution >= 0.6 is 11.3 Å². The van der Waals surface area contributed by atoms with Gasteiger partial charge in [0, 0.05) is 11.1 Å². The Morgan fingerprint density at radius 2 is 2.24 bits per heavy atom. The second-order valence-corrected chi connectivity index (χ2v) is 6.13. The minimum atomic E-state index is -0.480. The number of carbonyl (C=O) groups is 1. The molecule has 0 bridgehead atoms. The molecule has 1 atom stereocenters. The molecule has 1 aromatic carbocycles. The summed E-state index contributed by atoms with van der Waals surface area (Å²) in [6, 6.07) is 7.06. The number of ether oxygens (including phenoxy) is 2. The summed E-state index contributed by atoms with van der Waals surface area (Å²) >= 11 is 1.49. The van der Waals surface area contributed by atoms with Gasteiger partial charge < -0.3 is 14.8 Å². The fourth-order valence-corrected chi connectivity index (χ4v) is 3.20. The molecule has 0 spiro atoms. The van der Waals surface area contributed by atoms with E-state index in [-0.39, 0.29) is 5.97 Å². The summed E-state index contributed by atoms with van der Waals surface area (Å²) in [4.78, 5) is 21.6. The molecule has 6 nitrogen and oxygen atoms in total. The summed E-state index contributed by atoms with van der Waals surface area (Å²) in [7, 11) is 1.61. The third-order valence-corrected chi connectivity index (χ3v) is 4.41. The van der Waals surface area contributed by atoms with Gasteiger partial charge in [-0.15, -0.1) is 11.3 Å². The van der Waals surface area contributed by atoms with Crippen LogP contribution in [0.1, 0.15) is 31.1 Å². The van der Waals surface area contributed by atoms with E-state index in [1.807, 2.05) is 36.6 Å². The SMILES string of the molecule is CCOC(=O)C1=C(C)NC(c2cscn2)=N[C@@H]1c1cccc(OC)c1. The zero-order chi connectivity index (χ0) is 17.8. The second-order valence-electron chi connectivity index (χ2n) is 5.41. The lowest BCUT2D eigenvalue weighted by Crippen LogP contribution is -2.33. The zero-order valence-electron chi connectivity index (χ0n) is 14.3. The van der Waals surface area contributed by atoms with Crippen molar-refractivity contribution in [2.75, 3.05) is 13.7 Å². The fourth-order valence-electron chi connectivity index (χ4n) is 2.66. The van der Waals surface area contributed by atoms with Crippen molar-refractivity contribution in [3.8, 4) is 5.75 Å². The van der Waals surface area contributed by atoms with E-state index < -0.39 is 6.04 Å². The maximum Gasteiger partial charge on any atom is 0.338 e. The van der Waals surface area contributed by atoms with Gasteiger partial charge in [0.1, 0.15) is 17.5 Å². The van der Waals surface area contributed by atoms with E-state index in [2.05, 4.69) is 10.3 Å². The minimum absolute atomic E-state index is 0.309. The normalized spacial score (nSPS) is 16.9. The lowest BCUT2D eigenvalue weighted by molar-refractivity contribution is -0.138. The molecule has 0 radical (unpaired) electrons. The molecule has 2 heterocycles. The van der Waals surface area contributed by atoms with E-state index in [1.165, 1.54) is 11.3 Å². The van der Waals surface area contributed by atoms with Crippen molar-refractivity contribution in [1.29, 1.82) is 0 Å². The van der Waals surface area contributed by atoms with Crippen LogP contribution in [0.3, 0.4) is 0 Å². The predicted molar refractivity (Wildman–Crippen MR) is 96.9 cm³/mol. The van der Waals surface area contributed by atoms with Gasteiger partial charge in [-0.25, -0.2) is 9.78 Å². The van der Waals surface area contributed by atoms with Gasteiger partial charge in [0.2, 0.25) is 0 Å². The van der Waals surface area contributed by atoms with Gasteiger partial charge in [0.25, 0.3) is 0 Å². The number of benzene rings is 1. The van der Waals surface area contributed by atoms with Crippen molar-refractivity contribution in [2.45, 2.75) is 19.9 Å². The average Bonchev–Trinajstić information content (AvgIpc) is 3.16. The Hall–Kier alpha value is -2.67. The van der Waals surface area contributed by atoms with Crippen molar-refractivity contribution in [2.24, 2.45) is 4.99 Å². The number of hydrogen-bond donors (Lipinski definition) is 1. The van der Waals surface area contributed by atoms with Gasteiger partial charge in [-0.2, -0.15) is 0 Å². The Morgan fingerprint density at radius 1 is 1.40 bits per heavy atom. The molecule has 0 aliphatic carbocycles. The highest BCUT2D eigenvalue weighted by atomic mass is 32.1. The highest BCUT2D eigenvalue weighted by Crippen LogP contribution is 2.33. The van der Waals surface area contributed by atoms with Crippen molar-refractivity contribution in [3.63, 3.8) is 0 Å². The van der Waals surface area contributed by atoms with E-state index in [9.17, 15) is 4.79 Å². The Balaban J connectivity index is 2.08. The summed E-state index contributed by atoms with van der Waals surface area (Å²) in [6.45, 7) is 3.94. The molecule has 0 amide bonds. The first-order valence-electron chi connectivity index (χ1n) is 7.89. The van der Waals surface area contributed by atoms with Gasteiger partial charge in [0.05, 0.1) is 24.8 Å². The first kappa shape index (κ1) is 17.2. The summed E-state index contributed by atoms with van der Waals surface area (Å²) < 4.78 is 10.5. The number of aliphatic imine (C=N–C) groups is 1. The van der Waals surface area contributed by atoms with Crippen LogP contribution in [-0.4, -0.2) is 30.5 Å². The van der Waals surface area contributed by atoms with Crippen molar-refractivity contribution in [3.05, 3.63) is 57.7 Å². The molecule has 0 saturated heterocycles. The fraction of sp³-hybridized carbons (Fsp3) is 0.278. The number of esters is 1. The van der Waals surface area contributed by atoms with Crippen LogP contribution in [0, 0.1) is 0 Å². The van der Waals surface area contributed by atoms with Crippen LogP contribution < -0.4 is 10.1 Å². The van der Waals surface area contributed by atoms with Crippen LogP contribution in [0.2, 0.25) is 0 Å². The Bertz CT molecular complexity index is 828. The summed E-state index contributed by atoms with van der Waals surface area (Å²) in [5.74, 6) is 0.975. The van der Waals surface area contributed by atoms with Crippen LogP contribution in [0.4, 0.5) is 0 Å². The number of rotatable bonds is 5. The largest absolute Gasteiger partial charge is 0.497 e. The third-order valence-electron chi connectivity index (χ3n) is 3.82. The number of amidine groups is 1. The zero-order valence-corrected chi connectivity index (χ0v) is 15.1. The Kier molecular flexibility index (Phi) is 5.14. The first-order chi connectivity index (χ1) is 12.1. The summed E-state index contributed by atoms with van der Waals surface area (Å²) in [6.07, 6.45) is 0. The summed E-state index contributed by atoms with van der Waals surface area (Å²) in [5, 5.41) is 5.09. The number of allylic oxidation sites excluding steroid dienone is 1. The standard InChI is InChI=1S/C18H19N3O3S/c1-4-24-18(22)15-11(2)20-17(14-9-25-10-19-14)21-16(15)12-6-5-7-13(8-12)23-3/h5-10,16H,4H2,1-3H3,(H,20,21)/t16-/m1/s1. The molecule has 0 saturated carbocycles. The van der Waals surface area contributed by atoms with Crippen LogP contribution in [0.5, 0.6) is 5.75 Å². The predicted octanol–water partition coefficient (Wildman–Crippen LogP) is 3.08. The molecule has 1 aliphatic rings. The van der Waals surface area contributed by atoms with Gasteiger partial charge >= 0.3 is 5.97 Å². The molecule has 1 aromatic heterocycles. The lowest BCUT2D eigenvalue weighted by atomic mass is 9.95. The van der Waals surface area contributed by atoms with Crippen molar-refractivity contribution in [1.82, 2.24) is 10.3 Å². The lowest BCUT2D eigenvalue weighted by Gasteiger charge is -2.25. The van der Waals surface area contributed by atoms with Gasteiger partial charge in [-0.3, -0.25) is 4.99 Å². The number of nitrogens with zero attached hydrogens (tertiary/aromatic N) is 2. The topological polar surface area (TPSA) is 72.8 Å². The van der Waals surface area contributed by atoms with E-state index in [0.29, 0.717) is 29.5 Å². The third kappa shape index (κ3) is 3.56. The molecular formula is C18H19N3O3S. The Morgan fingerprint density at radius 3 is 2.92 bits per heavy atom. The number of thiazole rings is 1. The summed E-state index contributed by atoms with van der Waals surface area (Å²) in [5.41, 5.74) is 4.56. The quantitative estimate of drug-likeness (QED) is 0.833. The second kappa shape index (κ2) is 7.48. The van der Waals surface area contributed by atoms with Gasteiger partial charge in [0.15, 0.2) is 5.84 Å². The maximum atomic E-state index is 12.5. The molecule has 130 valence electrons. The minimum Gasteiger partial charge on any atom is -0.497 e. The van der Waals surface area contributed by atoms with Crippen LogP contribution in [-0.2, 0) is 9.53 Å². The molecule has 7 heteroatoms. The number of nitrogens with one attached hydrogen (secondary N) is 1. The van der Waals surface area contributed by atoms with Crippen molar-refractivity contribution >= 4 is 23.1 Å². The number of carbonyl (C=O) groups excluding carboxylic acids is 1. The smallest absolute Gasteiger partial charge is 0.338 e. The van der Waals surface area contributed by atoms with Gasteiger partial charge in [-0.1, -0.05) is 12.1 Å². The van der Waals surface area contributed by atoms with Gasteiger partial charge in [-0.05, 0) is 31.5 Å². The van der Waals surface area contributed by atoms with Crippen LogP contribution in [0.25, 0.3) is 0 Å². The van der Waals surface area contributed by atoms with Crippen LogP contribution in [0.15, 0.2) is 51.4 Å². The molecule has 1 aliphatic heterocycles. The maximum absolute atomic E-state index is 12.5. The molecular weight excluding hydrogens is 338 g/mol. The first-order valence-corrected chi connectivity index (χ1v) is 8.83. The Labute approximate surface area is 150 Å². The van der Waals surface area contributed by atoms with E-state index in [1.54, 1.807) is 19.5 Å². The van der Waals surface area contributed by atoms with E-state index >= 15 is 0 Å². The van der Waals surface area contributed by atoms with E-state index in [0.717, 1.165) is 11.3 Å². The molecule has 0 fully saturated rings. The number of methoxy groups -OCH3 is 1. The highest BCUT2D eigenvalue weighted by molar-refractivity contribution is 7.07.